The summed E-state index contributed by atoms with van der Waals surface area (Å²) in [6, 6.07) is -0.126. The van der Waals surface area contributed by atoms with Crippen LogP contribution in [0, 0.1) is 11.3 Å². The molecule has 0 aromatic heterocycles. The third-order valence-electron chi connectivity index (χ3n) is 3.76. The van der Waals surface area contributed by atoms with Crippen molar-refractivity contribution in [1.82, 2.24) is 15.5 Å². The summed E-state index contributed by atoms with van der Waals surface area (Å²) in [4.78, 5) is 14.3. The van der Waals surface area contributed by atoms with Crippen molar-refractivity contribution >= 4 is 23.5 Å². The van der Waals surface area contributed by atoms with Crippen LogP contribution < -0.4 is 16.4 Å². The fourth-order valence-corrected chi connectivity index (χ4v) is 3.43. The molecule has 1 saturated heterocycles. The van der Waals surface area contributed by atoms with E-state index < -0.39 is 0 Å². The third kappa shape index (κ3) is 3.22. The molecule has 2 atom stereocenters. The molecule has 1 fully saturated rings. The molecule has 0 amide bonds. The zero-order chi connectivity index (χ0) is 13.8. The number of guanidine groups is 1. The maximum Gasteiger partial charge on any atom is 0.188 e. The Hall–Kier alpha value is -1.21. The zero-order valence-electron chi connectivity index (χ0n) is 11.1. The highest BCUT2D eigenvalue weighted by molar-refractivity contribution is 8.03. The van der Waals surface area contributed by atoms with Crippen LogP contribution in [0.25, 0.3) is 0 Å². The normalized spacial score (nSPS) is 25.1. The second-order valence-electron chi connectivity index (χ2n) is 4.86. The van der Waals surface area contributed by atoms with Crippen molar-refractivity contribution in [3.05, 3.63) is 11.6 Å². The van der Waals surface area contributed by atoms with Gasteiger partial charge in [-0.05, 0) is 31.2 Å². The second-order valence-corrected chi connectivity index (χ2v) is 5.88. The predicted molar refractivity (Wildman–Crippen MR) is 77.7 cm³/mol. The van der Waals surface area contributed by atoms with E-state index in [-0.39, 0.29) is 23.2 Å². The van der Waals surface area contributed by atoms with Crippen molar-refractivity contribution < 1.29 is 4.79 Å². The molecule has 0 spiro atoms. The Bertz CT molecular complexity index is 370. The van der Waals surface area contributed by atoms with Crippen LogP contribution >= 0.6 is 11.8 Å². The van der Waals surface area contributed by atoms with Gasteiger partial charge in [-0.1, -0.05) is 11.8 Å². The number of hydrogen-bond acceptors (Lipinski definition) is 5. The number of piperidine rings is 1. The van der Waals surface area contributed by atoms with Crippen LogP contribution in [0.5, 0.6) is 0 Å². The maximum atomic E-state index is 12.4. The van der Waals surface area contributed by atoms with E-state index in [1.54, 1.807) is 0 Å². The Morgan fingerprint density at radius 1 is 1.58 bits per heavy atom. The van der Waals surface area contributed by atoms with Crippen molar-refractivity contribution in [1.29, 1.82) is 5.41 Å². The van der Waals surface area contributed by atoms with Crippen molar-refractivity contribution in [3.8, 4) is 0 Å². The number of nitrogens with zero attached hydrogens (tertiary/aromatic N) is 1. The number of likely N-dealkylation sites (tertiary alicyclic amines) is 1. The lowest BCUT2D eigenvalue weighted by Crippen LogP contribution is -2.51. The van der Waals surface area contributed by atoms with Crippen LogP contribution in [0.15, 0.2) is 11.6 Å². The lowest BCUT2D eigenvalue weighted by Gasteiger charge is -2.36. The highest BCUT2D eigenvalue weighted by Gasteiger charge is 2.34. The number of carbonyl (C=O) groups is 1. The average Bonchev–Trinajstić information content (AvgIpc) is 2.94. The van der Waals surface area contributed by atoms with E-state index in [0.717, 1.165) is 25.9 Å². The number of nitrogens with one attached hydrogen (secondary N) is 3. The smallest absolute Gasteiger partial charge is 0.188 e. The van der Waals surface area contributed by atoms with Gasteiger partial charge in [-0.3, -0.25) is 10.2 Å². The van der Waals surface area contributed by atoms with Crippen molar-refractivity contribution in [3.63, 3.8) is 0 Å². The van der Waals surface area contributed by atoms with Gasteiger partial charge in [-0.25, -0.2) is 0 Å². The zero-order valence-corrected chi connectivity index (χ0v) is 11.9. The second kappa shape index (κ2) is 6.29. The summed E-state index contributed by atoms with van der Waals surface area (Å²) >= 11 is 1.52. The largest absolute Gasteiger partial charge is 0.372 e. The molecular formula is C12H21N5OS. The number of ketones is 1. The summed E-state index contributed by atoms with van der Waals surface area (Å²) in [6.07, 6.45) is 3.60. The van der Waals surface area contributed by atoms with Crippen LogP contribution in [-0.2, 0) is 4.79 Å². The summed E-state index contributed by atoms with van der Waals surface area (Å²) in [7, 11) is 1.84. The van der Waals surface area contributed by atoms with E-state index in [0.29, 0.717) is 5.92 Å². The number of likely N-dealkylation sites (N-methyl/N-ethyl adjacent to an activating group) is 1. The van der Waals surface area contributed by atoms with Gasteiger partial charge in [-0.15, -0.1) is 0 Å². The predicted octanol–water partition coefficient (Wildman–Crippen LogP) is -0.117. The minimum atomic E-state index is -0.164. The monoisotopic (exact) mass is 283 g/mol. The summed E-state index contributed by atoms with van der Waals surface area (Å²) in [5.41, 5.74) is 5.49. The van der Waals surface area contributed by atoms with E-state index in [2.05, 4.69) is 10.6 Å². The fraction of sp³-hybridized carbons (Fsp3) is 0.667. The van der Waals surface area contributed by atoms with Gasteiger partial charge in [0.1, 0.15) is 5.37 Å². The molecule has 19 heavy (non-hydrogen) atoms. The van der Waals surface area contributed by atoms with Gasteiger partial charge >= 0.3 is 0 Å². The van der Waals surface area contributed by atoms with E-state index in [9.17, 15) is 4.79 Å². The topological polar surface area (TPSA) is 94.2 Å². The Balaban J connectivity index is 1.91. The van der Waals surface area contributed by atoms with Gasteiger partial charge in [0.05, 0.1) is 6.04 Å². The molecule has 0 aliphatic carbocycles. The van der Waals surface area contributed by atoms with Gasteiger partial charge in [-0.2, -0.15) is 0 Å². The SMILES string of the molecule is CNC(C(=O)C1NC=CS1)C1CCN(C(=N)N)CC1. The number of nitrogens with two attached hydrogens (primary N) is 1. The van der Waals surface area contributed by atoms with Gasteiger partial charge in [0, 0.05) is 19.3 Å². The molecule has 0 aromatic carbocycles. The third-order valence-corrected chi connectivity index (χ3v) is 4.69. The first-order valence-corrected chi connectivity index (χ1v) is 7.44. The number of Topliss-reactive ketones (excluding diaryl/α,β-unsaturated/α-hetero) is 1. The molecule has 2 rings (SSSR count). The fourth-order valence-electron chi connectivity index (χ4n) is 2.68. The highest BCUT2D eigenvalue weighted by Crippen LogP contribution is 2.25. The van der Waals surface area contributed by atoms with Crippen molar-refractivity contribution in [2.24, 2.45) is 11.7 Å². The van der Waals surface area contributed by atoms with Crippen LogP contribution in [0.1, 0.15) is 12.8 Å². The molecule has 7 heteroatoms. The van der Waals surface area contributed by atoms with Crippen LogP contribution in [0.4, 0.5) is 0 Å². The number of carbonyl (C=O) groups excluding carboxylic acids is 1. The number of hydrogen-bond donors (Lipinski definition) is 4. The lowest BCUT2D eigenvalue weighted by molar-refractivity contribution is -0.122. The van der Waals surface area contributed by atoms with E-state index in [1.165, 1.54) is 11.8 Å². The number of thioether (sulfide) groups is 1. The van der Waals surface area contributed by atoms with Crippen LogP contribution in [-0.4, -0.2) is 48.2 Å². The molecule has 0 radical (unpaired) electrons. The van der Waals surface area contributed by atoms with Crippen molar-refractivity contribution in [2.45, 2.75) is 24.3 Å². The van der Waals surface area contributed by atoms with Crippen LogP contribution in [0.2, 0.25) is 0 Å². The Morgan fingerprint density at radius 3 is 2.74 bits per heavy atom. The average molecular weight is 283 g/mol. The van der Waals surface area contributed by atoms with E-state index in [1.807, 2.05) is 23.6 Å². The van der Waals surface area contributed by atoms with Gasteiger partial charge in [0.25, 0.3) is 0 Å². The van der Waals surface area contributed by atoms with Crippen molar-refractivity contribution in [2.75, 3.05) is 20.1 Å². The lowest BCUT2D eigenvalue weighted by atomic mass is 9.87. The molecule has 2 aliphatic heterocycles. The molecule has 0 aromatic rings. The first-order chi connectivity index (χ1) is 9.13. The molecular weight excluding hydrogens is 262 g/mol. The number of rotatable bonds is 4. The van der Waals surface area contributed by atoms with Gasteiger partial charge in [0.15, 0.2) is 11.7 Å². The molecule has 106 valence electrons. The highest BCUT2D eigenvalue weighted by atomic mass is 32.2. The Kier molecular flexibility index (Phi) is 4.71. The summed E-state index contributed by atoms with van der Waals surface area (Å²) in [6.45, 7) is 1.52. The summed E-state index contributed by atoms with van der Waals surface area (Å²) in [5.74, 6) is 0.651. The molecule has 2 heterocycles. The van der Waals surface area contributed by atoms with Crippen LogP contribution in [0.3, 0.4) is 0 Å². The Labute approximate surface area is 117 Å². The van der Waals surface area contributed by atoms with Gasteiger partial charge < -0.3 is 21.3 Å². The molecule has 0 saturated carbocycles. The van der Waals surface area contributed by atoms with E-state index in [4.69, 9.17) is 11.1 Å². The Morgan fingerprint density at radius 2 is 2.26 bits per heavy atom. The summed E-state index contributed by atoms with van der Waals surface area (Å²) in [5, 5.41) is 15.4. The van der Waals surface area contributed by atoms with E-state index >= 15 is 0 Å². The standard InChI is InChI=1S/C12H21N5OS/c1-15-9(10(18)11-16-4-7-19-11)8-2-5-17(6-3-8)12(13)14/h4,7-9,11,15-16H,2-3,5-6H2,1H3,(H3,13,14). The minimum Gasteiger partial charge on any atom is -0.372 e. The minimum absolute atomic E-state index is 0.126. The summed E-state index contributed by atoms with van der Waals surface area (Å²) < 4.78 is 0. The quantitative estimate of drug-likeness (QED) is 0.425. The molecule has 2 aliphatic rings. The first kappa shape index (κ1) is 14.2. The molecule has 2 unspecified atom stereocenters. The molecule has 5 N–H and O–H groups in total. The van der Waals surface area contributed by atoms with Gasteiger partial charge in [0.2, 0.25) is 0 Å². The molecule has 6 nitrogen and oxygen atoms in total. The maximum absolute atomic E-state index is 12.4. The first-order valence-electron chi connectivity index (χ1n) is 6.50. The molecule has 0 bridgehead atoms.